The lowest BCUT2D eigenvalue weighted by Crippen LogP contribution is -2.35. The molecule has 1 rings (SSSR count). The molecule has 1 atom stereocenters. The van der Waals surface area contributed by atoms with Gasteiger partial charge in [0.25, 0.3) is 5.91 Å². The minimum Gasteiger partial charge on any atom is -0.394 e. The van der Waals surface area contributed by atoms with Gasteiger partial charge in [-0.15, -0.1) is 0 Å². The molecule has 0 aliphatic rings. The molecule has 0 saturated heterocycles. The van der Waals surface area contributed by atoms with E-state index in [9.17, 15) is 19.3 Å². The number of aliphatic hydroxyl groups excluding tert-OH is 1. The number of benzene rings is 1. The zero-order chi connectivity index (χ0) is 13.0. The molecule has 0 radical (unpaired) electrons. The number of carbonyl (C=O) groups is 1. The molecule has 0 aliphatic carbocycles. The fourth-order valence-corrected chi connectivity index (χ4v) is 1.15. The van der Waals surface area contributed by atoms with Gasteiger partial charge < -0.3 is 10.4 Å². The number of rotatable bonds is 4. The Kier molecular flexibility index (Phi) is 4.11. The Morgan fingerprint density at radius 2 is 2.29 bits per heavy atom. The number of amides is 1. The van der Waals surface area contributed by atoms with E-state index in [2.05, 4.69) is 5.32 Å². The fourth-order valence-electron chi connectivity index (χ4n) is 1.15. The molecule has 0 bridgehead atoms. The lowest BCUT2D eigenvalue weighted by atomic mass is 10.1. The van der Waals surface area contributed by atoms with Crippen molar-refractivity contribution in [3.05, 3.63) is 39.7 Å². The predicted octanol–water partition coefficient (Wildman–Crippen LogP) is 0.845. The van der Waals surface area contributed by atoms with Crippen molar-refractivity contribution in [2.75, 3.05) is 6.61 Å². The van der Waals surface area contributed by atoms with Gasteiger partial charge in [0.1, 0.15) is 0 Å². The third-order valence-electron chi connectivity index (χ3n) is 2.06. The van der Waals surface area contributed by atoms with Gasteiger partial charge in [0, 0.05) is 17.7 Å². The Labute approximate surface area is 96.2 Å². The van der Waals surface area contributed by atoms with Crippen LogP contribution >= 0.6 is 0 Å². The average molecular weight is 242 g/mol. The highest BCUT2D eigenvalue weighted by molar-refractivity contribution is 5.94. The van der Waals surface area contributed by atoms with Gasteiger partial charge in [-0.3, -0.25) is 14.9 Å². The van der Waals surface area contributed by atoms with Crippen LogP contribution in [0, 0.1) is 15.9 Å². The predicted molar refractivity (Wildman–Crippen MR) is 57.1 cm³/mol. The first-order valence-corrected chi connectivity index (χ1v) is 4.81. The first kappa shape index (κ1) is 13.0. The SMILES string of the molecule is C[C@H](CO)NC(=O)c1ccc([N+](=O)[O-])c(F)c1. The van der Waals surface area contributed by atoms with Crippen molar-refractivity contribution < 1.29 is 19.2 Å². The molecule has 7 heteroatoms. The number of hydrogen-bond acceptors (Lipinski definition) is 4. The Hall–Kier alpha value is -2.02. The number of halogens is 1. The smallest absolute Gasteiger partial charge is 0.304 e. The molecular weight excluding hydrogens is 231 g/mol. The number of carbonyl (C=O) groups excluding carboxylic acids is 1. The number of nitro benzene ring substituents is 1. The summed E-state index contributed by atoms with van der Waals surface area (Å²) in [4.78, 5) is 21.0. The summed E-state index contributed by atoms with van der Waals surface area (Å²) in [6.07, 6.45) is 0. The van der Waals surface area contributed by atoms with Crippen LogP contribution in [-0.2, 0) is 0 Å². The Balaban J connectivity index is 2.90. The molecule has 0 aliphatic heterocycles. The quantitative estimate of drug-likeness (QED) is 0.604. The van der Waals surface area contributed by atoms with E-state index in [1.54, 1.807) is 6.92 Å². The van der Waals surface area contributed by atoms with Crippen LogP contribution in [0.3, 0.4) is 0 Å². The van der Waals surface area contributed by atoms with Crippen LogP contribution in [-0.4, -0.2) is 28.6 Å². The van der Waals surface area contributed by atoms with E-state index in [4.69, 9.17) is 5.11 Å². The van der Waals surface area contributed by atoms with Crippen molar-refractivity contribution in [2.24, 2.45) is 0 Å². The van der Waals surface area contributed by atoms with E-state index < -0.39 is 28.4 Å². The van der Waals surface area contributed by atoms with Gasteiger partial charge in [-0.1, -0.05) is 0 Å². The molecule has 1 aromatic rings. The van der Waals surface area contributed by atoms with Crippen LogP contribution in [0.4, 0.5) is 10.1 Å². The van der Waals surface area contributed by atoms with Crippen LogP contribution in [0.1, 0.15) is 17.3 Å². The number of nitrogens with zero attached hydrogens (tertiary/aromatic N) is 1. The largest absolute Gasteiger partial charge is 0.394 e. The summed E-state index contributed by atoms with van der Waals surface area (Å²) in [6, 6.07) is 2.40. The summed E-state index contributed by atoms with van der Waals surface area (Å²) < 4.78 is 13.2. The maximum atomic E-state index is 13.2. The first-order chi connectivity index (χ1) is 7.95. The normalized spacial score (nSPS) is 11.9. The second-order valence-corrected chi connectivity index (χ2v) is 3.48. The van der Waals surface area contributed by atoms with Crippen LogP contribution in [0.2, 0.25) is 0 Å². The van der Waals surface area contributed by atoms with Gasteiger partial charge in [0.05, 0.1) is 11.5 Å². The first-order valence-electron chi connectivity index (χ1n) is 4.81. The zero-order valence-corrected chi connectivity index (χ0v) is 9.01. The molecule has 0 unspecified atom stereocenters. The second kappa shape index (κ2) is 5.35. The van der Waals surface area contributed by atoms with E-state index in [-0.39, 0.29) is 12.2 Å². The molecule has 6 nitrogen and oxygen atoms in total. The molecule has 0 saturated carbocycles. The van der Waals surface area contributed by atoms with E-state index >= 15 is 0 Å². The summed E-state index contributed by atoms with van der Waals surface area (Å²) in [6.45, 7) is 1.32. The van der Waals surface area contributed by atoms with Gasteiger partial charge in [0.2, 0.25) is 5.82 Å². The molecule has 0 heterocycles. The van der Waals surface area contributed by atoms with Gasteiger partial charge in [-0.25, -0.2) is 0 Å². The number of nitro groups is 1. The molecular formula is C10H11FN2O4. The molecule has 0 aromatic heterocycles. The molecule has 0 spiro atoms. The van der Waals surface area contributed by atoms with Crippen molar-refractivity contribution in [3.8, 4) is 0 Å². The Morgan fingerprint density at radius 3 is 2.76 bits per heavy atom. The summed E-state index contributed by atoms with van der Waals surface area (Å²) in [5, 5.41) is 21.5. The van der Waals surface area contributed by atoms with E-state index in [0.29, 0.717) is 0 Å². The van der Waals surface area contributed by atoms with Crippen molar-refractivity contribution in [1.82, 2.24) is 5.32 Å². The average Bonchev–Trinajstić information content (AvgIpc) is 2.28. The van der Waals surface area contributed by atoms with Gasteiger partial charge in [-0.2, -0.15) is 4.39 Å². The van der Waals surface area contributed by atoms with Crippen molar-refractivity contribution in [1.29, 1.82) is 0 Å². The monoisotopic (exact) mass is 242 g/mol. The molecule has 17 heavy (non-hydrogen) atoms. The molecule has 0 fully saturated rings. The highest BCUT2D eigenvalue weighted by Crippen LogP contribution is 2.17. The fraction of sp³-hybridized carbons (Fsp3) is 0.300. The topological polar surface area (TPSA) is 92.5 Å². The summed E-state index contributed by atoms with van der Waals surface area (Å²) >= 11 is 0. The summed E-state index contributed by atoms with van der Waals surface area (Å²) in [7, 11) is 0. The molecule has 92 valence electrons. The minimum absolute atomic E-state index is 0.0339. The third-order valence-corrected chi connectivity index (χ3v) is 2.06. The summed E-state index contributed by atoms with van der Waals surface area (Å²) in [5.41, 5.74) is -0.717. The third kappa shape index (κ3) is 3.22. The van der Waals surface area contributed by atoms with Crippen LogP contribution in [0.15, 0.2) is 18.2 Å². The van der Waals surface area contributed by atoms with Crippen molar-refractivity contribution in [2.45, 2.75) is 13.0 Å². The zero-order valence-electron chi connectivity index (χ0n) is 9.01. The number of hydrogen-bond donors (Lipinski definition) is 2. The highest BCUT2D eigenvalue weighted by Gasteiger charge is 2.17. The lowest BCUT2D eigenvalue weighted by Gasteiger charge is -2.10. The van der Waals surface area contributed by atoms with Gasteiger partial charge >= 0.3 is 5.69 Å². The van der Waals surface area contributed by atoms with Gasteiger partial charge in [-0.05, 0) is 19.1 Å². The lowest BCUT2D eigenvalue weighted by molar-refractivity contribution is -0.387. The minimum atomic E-state index is -1.07. The Morgan fingerprint density at radius 1 is 1.65 bits per heavy atom. The molecule has 1 aromatic carbocycles. The maximum absolute atomic E-state index is 13.2. The van der Waals surface area contributed by atoms with E-state index in [0.717, 1.165) is 18.2 Å². The van der Waals surface area contributed by atoms with E-state index in [1.807, 2.05) is 0 Å². The maximum Gasteiger partial charge on any atom is 0.304 e. The number of aliphatic hydroxyl groups is 1. The van der Waals surface area contributed by atoms with Crippen LogP contribution in [0.25, 0.3) is 0 Å². The standard InChI is InChI=1S/C10H11FN2O4/c1-6(5-14)12-10(15)7-2-3-9(13(16)17)8(11)4-7/h2-4,6,14H,5H2,1H3,(H,12,15)/t6-/m1/s1. The summed E-state index contributed by atoms with van der Waals surface area (Å²) in [5.74, 6) is -1.67. The van der Waals surface area contributed by atoms with Crippen LogP contribution < -0.4 is 5.32 Å². The van der Waals surface area contributed by atoms with E-state index in [1.165, 1.54) is 0 Å². The number of nitrogens with one attached hydrogen (secondary N) is 1. The second-order valence-electron chi connectivity index (χ2n) is 3.48. The molecule has 2 N–H and O–H groups in total. The highest BCUT2D eigenvalue weighted by atomic mass is 19.1. The van der Waals surface area contributed by atoms with Crippen LogP contribution in [0.5, 0.6) is 0 Å². The molecule has 1 amide bonds. The van der Waals surface area contributed by atoms with Gasteiger partial charge in [0.15, 0.2) is 0 Å². The van der Waals surface area contributed by atoms with Crippen molar-refractivity contribution >= 4 is 11.6 Å². The Bertz CT molecular complexity index is 450. The van der Waals surface area contributed by atoms with Crippen molar-refractivity contribution in [3.63, 3.8) is 0 Å².